The number of para-hydroxylation sites is 1. The molecule has 1 fully saturated rings. The highest BCUT2D eigenvalue weighted by Gasteiger charge is 2.38. The lowest BCUT2D eigenvalue weighted by atomic mass is 10.3. The van der Waals surface area contributed by atoms with Crippen LogP contribution in [0.15, 0.2) is 24.3 Å². The molecule has 106 valence electrons. The number of carboxylic acids is 1. The molecule has 4 nitrogen and oxygen atoms in total. The number of halogens is 4. The molecule has 2 rings (SSSR count). The van der Waals surface area contributed by atoms with E-state index in [0.29, 0.717) is 5.75 Å². The third-order valence-corrected chi connectivity index (χ3v) is 2.12. The number of nitrogens with zero attached hydrogens (tertiary/aromatic N) is 1. The lowest BCUT2D eigenvalue weighted by Gasteiger charge is -2.29. The van der Waals surface area contributed by atoms with Crippen molar-refractivity contribution < 1.29 is 32.3 Å². The van der Waals surface area contributed by atoms with Crippen LogP contribution in [-0.2, 0) is 4.79 Å². The third-order valence-electron chi connectivity index (χ3n) is 2.12. The molecule has 0 aliphatic carbocycles. The summed E-state index contributed by atoms with van der Waals surface area (Å²) in [6, 6.07) is 6.44. The van der Waals surface area contributed by atoms with Gasteiger partial charge in [0.1, 0.15) is 0 Å². The predicted molar refractivity (Wildman–Crippen MR) is 56.9 cm³/mol. The molecular formula is C11H11F4NO3. The molecule has 0 spiro atoms. The van der Waals surface area contributed by atoms with Crippen LogP contribution in [0.1, 0.15) is 6.42 Å². The number of benzene rings is 1. The van der Waals surface area contributed by atoms with Crippen LogP contribution in [0.3, 0.4) is 0 Å². The Morgan fingerprint density at radius 1 is 1.26 bits per heavy atom. The van der Waals surface area contributed by atoms with Crippen LogP contribution in [0.2, 0.25) is 0 Å². The molecule has 0 unspecified atom stereocenters. The quantitative estimate of drug-likeness (QED) is 0.846. The zero-order valence-corrected chi connectivity index (χ0v) is 9.65. The van der Waals surface area contributed by atoms with Crippen LogP contribution in [-0.4, -0.2) is 35.4 Å². The number of carboxylic acid groups (broad SMARTS) is 1. The van der Waals surface area contributed by atoms with Gasteiger partial charge in [-0.05, 0) is 18.6 Å². The Balaban J connectivity index is 0.000000224. The van der Waals surface area contributed by atoms with E-state index in [4.69, 9.17) is 14.7 Å². The second kappa shape index (κ2) is 6.37. The van der Waals surface area contributed by atoms with Crippen molar-refractivity contribution in [3.63, 3.8) is 0 Å². The normalized spacial score (nSPS) is 14.9. The van der Waals surface area contributed by atoms with E-state index in [1.54, 1.807) is 23.3 Å². The van der Waals surface area contributed by atoms with Crippen LogP contribution >= 0.6 is 0 Å². The second-order valence-electron chi connectivity index (χ2n) is 3.61. The van der Waals surface area contributed by atoms with Crippen molar-refractivity contribution in [1.29, 1.82) is 0 Å². The van der Waals surface area contributed by atoms with Gasteiger partial charge in [0, 0.05) is 13.1 Å². The Labute approximate surface area is 106 Å². The summed E-state index contributed by atoms with van der Waals surface area (Å²) >= 11 is 0. The Kier molecular flexibility index (Phi) is 5.11. The van der Waals surface area contributed by atoms with Crippen molar-refractivity contribution in [2.24, 2.45) is 0 Å². The first-order valence-corrected chi connectivity index (χ1v) is 5.28. The Morgan fingerprint density at radius 2 is 1.79 bits per heavy atom. The Hall–Kier alpha value is -1.83. The van der Waals surface area contributed by atoms with Gasteiger partial charge in [-0.1, -0.05) is 12.1 Å². The van der Waals surface area contributed by atoms with Crippen molar-refractivity contribution >= 4 is 5.97 Å². The highest BCUT2D eigenvalue weighted by molar-refractivity contribution is 5.73. The van der Waals surface area contributed by atoms with Gasteiger partial charge >= 0.3 is 12.1 Å². The lowest BCUT2D eigenvalue weighted by Crippen LogP contribution is -2.39. The first-order chi connectivity index (χ1) is 8.80. The summed E-state index contributed by atoms with van der Waals surface area (Å²) < 4.78 is 44.7. The van der Waals surface area contributed by atoms with E-state index in [2.05, 4.69) is 0 Å². The molecule has 0 radical (unpaired) electrons. The summed E-state index contributed by atoms with van der Waals surface area (Å²) in [5.41, 5.74) is 0. The van der Waals surface area contributed by atoms with Gasteiger partial charge in [-0.15, -0.1) is 5.06 Å². The van der Waals surface area contributed by atoms with E-state index in [9.17, 15) is 17.6 Å². The fourth-order valence-electron chi connectivity index (χ4n) is 1.04. The largest absolute Gasteiger partial charge is 0.490 e. The molecule has 1 heterocycles. The molecule has 1 aromatic carbocycles. The zero-order chi connectivity index (χ0) is 14.5. The minimum Gasteiger partial charge on any atom is -0.475 e. The number of carbonyl (C=O) groups is 1. The Morgan fingerprint density at radius 3 is 2.16 bits per heavy atom. The number of rotatable bonds is 2. The highest BCUT2D eigenvalue weighted by Crippen LogP contribution is 2.19. The van der Waals surface area contributed by atoms with Gasteiger partial charge in [0.25, 0.3) is 0 Å². The molecule has 0 bridgehead atoms. The fraction of sp³-hybridized carbons (Fsp3) is 0.364. The van der Waals surface area contributed by atoms with E-state index in [1.807, 2.05) is 0 Å². The summed E-state index contributed by atoms with van der Waals surface area (Å²) in [6.45, 7) is 1.79. The van der Waals surface area contributed by atoms with Gasteiger partial charge < -0.3 is 9.94 Å². The average molecular weight is 281 g/mol. The predicted octanol–water partition coefficient (Wildman–Crippen LogP) is 2.46. The average Bonchev–Trinajstić information content (AvgIpc) is 2.25. The van der Waals surface area contributed by atoms with E-state index >= 15 is 0 Å². The van der Waals surface area contributed by atoms with Crippen LogP contribution in [0.4, 0.5) is 17.6 Å². The summed E-state index contributed by atoms with van der Waals surface area (Å²) in [7, 11) is 0. The van der Waals surface area contributed by atoms with Crippen molar-refractivity contribution in [1.82, 2.24) is 5.06 Å². The third kappa shape index (κ3) is 5.12. The van der Waals surface area contributed by atoms with Crippen LogP contribution < -0.4 is 4.84 Å². The monoisotopic (exact) mass is 281 g/mol. The van der Waals surface area contributed by atoms with Crippen molar-refractivity contribution in [3.8, 4) is 5.75 Å². The van der Waals surface area contributed by atoms with E-state index in [0.717, 1.165) is 19.5 Å². The number of alkyl halides is 3. The molecule has 0 atom stereocenters. The first kappa shape index (κ1) is 15.2. The van der Waals surface area contributed by atoms with Crippen LogP contribution in [0.25, 0.3) is 0 Å². The van der Waals surface area contributed by atoms with Crippen molar-refractivity contribution in [3.05, 3.63) is 30.1 Å². The number of hydrogen-bond acceptors (Lipinski definition) is 3. The second-order valence-corrected chi connectivity index (χ2v) is 3.61. The highest BCUT2D eigenvalue weighted by atomic mass is 19.4. The molecule has 1 aliphatic heterocycles. The van der Waals surface area contributed by atoms with E-state index in [1.165, 1.54) is 6.07 Å². The number of hydrogen-bond donors (Lipinski definition) is 1. The fourth-order valence-corrected chi connectivity index (χ4v) is 1.04. The molecule has 1 aliphatic rings. The van der Waals surface area contributed by atoms with Crippen LogP contribution in [0.5, 0.6) is 5.75 Å². The molecule has 0 amide bonds. The maximum atomic E-state index is 13.0. The molecule has 8 heteroatoms. The van der Waals surface area contributed by atoms with Crippen molar-refractivity contribution in [2.75, 3.05) is 13.1 Å². The smallest absolute Gasteiger partial charge is 0.475 e. The Bertz CT molecular complexity index is 432. The minimum absolute atomic E-state index is 0.301. The molecule has 1 aromatic rings. The molecule has 1 N–H and O–H groups in total. The summed E-state index contributed by atoms with van der Waals surface area (Å²) in [5.74, 6) is -2.74. The van der Waals surface area contributed by atoms with Crippen molar-refractivity contribution in [2.45, 2.75) is 12.6 Å². The lowest BCUT2D eigenvalue weighted by molar-refractivity contribution is -0.192. The maximum Gasteiger partial charge on any atom is 0.490 e. The number of aliphatic carboxylic acids is 1. The first-order valence-electron chi connectivity index (χ1n) is 5.28. The molecule has 0 aromatic heterocycles. The van der Waals surface area contributed by atoms with E-state index in [-0.39, 0.29) is 5.82 Å². The summed E-state index contributed by atoms with van der Waals surface area (Å²) in [5, 5.41) is 8.87. The molecule has 0 saturated carbocycles. The van der Waals surface area contributed by atoms with Gasteiger partial charge in [0.05, 0.1) is 0 Å². The zero-order valence-electron chi connectivity index (χ0n) is 9.65. The minimum atomic E-state index is -5.08. The topological polar surface area (TPSA) is 49.8 Å². The van der Waals surface area contributed by atoms with Crippen LogP contribution in [0, 0.1) is 5.82 Å². The maximum absolute atomic E-state index is 13.0. The molecular weight excluding hydrogens is 270 g/mol. The van der Waals surface area contributed by atoms with Gasteiger partial charge in [-0.25, -0.2) is 9.18 Å². The standard InChI is InChI=1S/C9H10FNO.C2HF3O2/c10-8-4-1-2-5-9(8)12-11-6-3-7-11;3-2(4,5)1(6)7/h1-2,4-5H,3,6-7H2;(H,6,7). The molecule has 1 saturated heterocycles. The van der Waals surface area contributed by atoms with E-state index < -0.39 is 12.1 Å². The van der Waals surface area contributed by atoms with Gasteiger partial charge in [-0.3, -0.25) is 0 Å². The SMILES string of the molecule is Fc1ccccc1ON1CCC1.O=C(O)C(F)(F)F. The summed E-state index contributed by atoms with van der Waals surface area (Å²) in [6.07, 6.45) is -3.95. The van der Waals surface area contributed by atoms with Gasteiger partial charge in [-0.2, -0.15) is 13.2 Å². The molecule has 19 heavy (non-hydrogen) atoms. The number of hydroxylamine groups is 2. The summed E-state index contributed by atoms with van der Waals surface area (Å²) in [4.78, 5) is 14.1. The van der Waals surface area contributed by atoms with Gasteiger partial charge in [0.2, 0.25) is 0 Å². The van der Waals surface area contributed by atoms with Gasteiger partial charge in [0.15, 0.2) is 11.6 Å².